The molecule has 0 bridgehead atoms. The molecular weight excluding hydrogens is 304 g/mol. The third-order valence-corrected chi connectivity index (χ3v) is 4.39. The Hall–Kier alpha value is -0.830. The third kappa shape index (κ3) is 14.7. The highest BCUT2D eigenvalue weighted by Crippen LogP contribution is 2.13. The van der Waals surface area contributed by atoms with Crippen LogP contribution in [0.1, 0.15) is 96.8 Å². The maximum absolute atomic E-state index is 10.3. The second kappa shape index (κ2) is 18.5. The van der Waals surface area contributed by atoms with Gasteiger partial charge in [-0.15, -0.1) is 0 Å². The molecule has 0 saturated heterocycles. The Morgan fingerprint density at radius 3 is 1.62 bits per heavy atom. The zero-order valence-electron chi connectivity index (χ0n) is 15.6. The lowest BCUT2D eigenvalue weighted by atomic mass is 10.0. The lowest BCUT2D eigenvalue weighted by Crippen LogP contribution is -2.21. The van der Waals surface area contributed by atoms with Crippen LogP contribution < -0.4 is 0 Å². The number of ether oxygens (including phenoxy) is 1. The fraction of sp³-hybridized carbons (Fsp3) is 0.900. The van der Waals surface area contributed by atoms with E-state index in [4.69, 9.17) is 14.9 Å². The Morgan fingerprint density at radius 1 is 0.833 bits per heavy atom. The van der Waals surface area contributed by atoms with Crippen LogP contribution in [0.4, 0.5) is 0 Å². The van der Waals surface area contributed by atoms with E-state index in [0.717, 1.165) is 12.8 Å². The van der Waals surface area contributed by atoms with Crippen LogP contribution in [0, 0.1) is 0 Å². The Morgan fingerprint density at radius 2 is 1.25 bits per heavy atom. The highest BCUT2D eigenvalue weighted by Gasteiger charge is 2.13. The quantitative estimate of drug-likeness (QED) is 0.206. The van der Waals surface area contributed by atoms with Gasteiger partial charge in [-0.05, 0) is 6.42 Å². The molecule has 4 nitrogen and oxygen atoms in total. The molecule has 0 aromatic heterocycles. The molecule has 0 aromatic rings. The van der Waals surface area contributed by atoms with Gasteiger partial charge in [-0.3, -0.25) is 0 Å². The number of aliphatic hydroxyl groups is 2. The molecule has 0 aromatic carbocycles. The minimum absolute atomic E-state index is 0.389. The summed E-state index contributed by atoms with van der Waals surface area (Å²) in [5.41, 5.74) is 0. The van der Waals surface area contributed by atoms with Crippen LogP contribution >= 0.6 is 0 Å². The first-order valence-corrected chi connectivity index (χ1v) is 9.92. The van der Waals surface area contributed by atoms with E-state index < -0.39 is 11.9 Å². The molecule has 0 fully saturated rings. The molecule has 2 N–H and O–H groups in total. The van der Waals surface area contributed by atoms with Crippen molar-refractivity contribution in [3.63, 3.8) is 0 Å². The lowest BCUT2D eigenvalue weighted by Gasteiger charge is -2.12. The van der Waals surface area contributed by atoms with Gasteiger partial charge in [0.2, 0.25) is 5.76 Å². The molecule has 0 radical (unpaired) electrons. The van der Waals surface area contributed by atoms with Gasteiger partial charge in [0.05, 0.1) is 6.61 Å². The molecule has 24 heavy (non-hydrogen) atoms. The van der Waals surface area contributed by atoms with E-state index in [1.54, 1.807) is 0 Å². The van der Waals surface area contributed by atoms with Crippen molar-refractivity contribution in [2.24, 2.45) is 0 Å². The van der Waals surface area contributed by atoms with E-state index in [0.29, 0.717) is 6.61 Å². The van der Waals surface area contributed by atoms with Gasteiger partial charge in [0.1, 0.15) is 6.10 Å². The van der Waals surface area contributed by atoms with E-state index in [9.17, 15) is 4.79 Å². The van der Waals surface area contributed by atoms with Crippen LogP contribution in [-0.2, 0) is 9.53 Å². The van der Waals surface area contributed by atoms with Crippen LogP contribution in [0.15, 0.2) is 5.76 Å². The molecule has 0 aliphatic heterocycles. The molecule has 1 atom stereocenters. The number of carbonyl (C=O) groups excluding carboxylic acids is 1. The van der Waals surface area contributed by atoms with Crippen LogP contribution in [0.25, 0.3) is 0 Å². The van der Waals surface area contributed by atoms with Gasteiger partial charge in [-0.1, -0.05) is 90.4 Å². The summed E-state index contributed by atoms with van der Waals surface area (Å²) in [6, 6.07) is 0. The second-order valence-corrected chi connectivity index (χ2v) is 6.63. The maximum atomic E-state index is 10.3. The highest BCUT2D eigenvalue weighted by molar-refractivity contribution is 5.50. The average molecular weight is 343 g/mol. The predicted octanol–water partition coefficient (Wildman–Crippen LogP) is 5.12. The van der Waals surface area contributed by atoms with E-state index in [-0.39, 0.29) is 6.61 Å². The summed E-state index contributed by atoms with van der Waals surface area (Å²) < 4.78 is 5.25. The molecule has 0 amide bonds. The van der Waals surface area contributed by atoms with Crippen molar-refractivity contribution in [1.82, 2.24) is 0 Å². The summed E-state index contributed by atoms with van der Waals surface area (Å²) in [5.74, 6) is 0.802. The molecule has 142 valence electrons. The van der Waals surface area contributed by atoms with E-state index >= 15 is 0 Å². The van der Waals surface area contributed by atoms with Gasteiger partial charge in [0.25, 0.3) is 0 Å². The summed E-state index contributed by atoms with van der Waals surface area (Å²) in [6.45, 7) is 2.32. The van der Waals surface area contributed by atoms with Gasteiger partial charge in [-0.25, -0.2) is 4.79 Å². The normalized spacial score (nSPS) is 12.1. The van der Waals surface area contributed by atoms with Crippen LogP contribution in [0.3, 0.4) is 0 Å². The Kier molecular flexibility index (Phi) is 17.9. The molecule has 0 saturated carbocycles. The van der Waals surface area contributed by atoms with Crippen molar-refractivity contribution < 1.29 is 19.7 Å². The zero-order chi connectivity index (χ0) is 17.9. The first kappa shape index (κ1) is 23.2. The van der Waals surface area contributed by atoms with Crippen molar-refractivity contribution in [1.29, 1.82) is 0 Å². The SMILES string of the molecule is CCCCCCCCCCCCCCCCOC(CO)C(O)=C=O. The topological polar surface area (TPSA) is 66.8 Å². The third-order valence-electron chi connectivity index (χ3n) is 4.39. The van der Waals surface area contributed by atoms with Crippen LogP contribution in [0.5, 0.6) is 0 Å². The maximum Gasteiger partial charge on any atom is 0.208 e. The van der Waals surface area contributed by atoms with Gasteiger partial charge in [0.15, 0.2) is 5.94 Å². The van der Waals surface area contributed by atoms with Crippen molar-refractivity contribution in [3.05, 3.63) is 5.76 Å². The van der Waals surface area contributed by atoms with Gasteiger partial charge >= 0.3 is 0 Å². The Bertz CT molecular complexity index is 311. The fourth-order valence-corrected chi connectivity index (χ4v) is 2.81. The molecule has 1 unspecified atom stereocenters. The summed E-state index contributed by atoms with van der Waals surface area (Å²) in [6.07, 6.45) is 17.3. The standard InChI is InChI=1S/C20H38O4/c1-2-3-4-5-6-7-8-9-10-11-12-13-14-15-16-24-20(18-22)19(23)17-21/h20,22-23H,2-16,18H2,1H3. The number of rotatable bonds is 18. The van der Waals surface area contributed by atoms with Crippen molar-refractivity contribution in [2.75, 3.05) is 13.2 Å². The number of unbranched alkanes of at least 4 members (excludes halogenated alkanes) is 13. The second-order valence-electron chi connectivity index (χ2n) is 6.63. The summed E-state index contributed by atoms with van der Waals surface area (Å²) in [7, 11) is 0. The first-order chi connectivity index (χ1) is 11.8. The molecule has 0 aliphatic rings. The fourth-order valence-electron chi connectivity index (χ4n) is 2.81. The minimum Gasteiger partial charge on any atom is -0.500 e. The monoisotopic (exact) mass is 342 g/mol. The van der Waals surface area contributed by atoms with E-state index in [1.807, 2.05) is 0 Å². The van der Waals surface area contributed by atoms with E-state index in [2.05, 4.69) is 6.92 Å². The van der Waals surface area contributed by atoms with Crippen LogP contribution in [-0.4, -0.2) is 35.5 Å². The molecule has 0 spiro atoms. The lowest BCUT2D eigenvalue weighted by molar-refractivity contribution is 0.0118. The summed E-state index contributed by atoms with van der Waals surface area (Å²) >= 11 is 0. The van der Waals surface area contributed by atoms with Crippen molar-refractivity contribution in [3.8, 4) is 0 Å². The number of aliphatic hydroxyl groups excluding tert-OH is 2. The molecule has 4 heteroatoms. The van der Waals surface area contributed by atoms with Gasteiger partial charge in [-0.2, -0.15) is 0 Å². The van der Waals surface area contributed by atoms with Crippen molar-refractivity contribution in [2.45, 2.75) is 103 Å². The van der Waals surface area contributed by atoms with Crippen LogP contribution in [0.2, 0.25) is 0 Å². The average Bonchev–Trinajstić information content (AvgIpc) is 2.61. The zero-order valence-corrected chi connectivity index (χ0v) is 15.6. The Balaban J connectivity index is 3.21. The molecular formula is C20H38O4. The smallest absolute Gasteiger partial charge is 0.208 e. The Labute approximate surface area is 148 Å². The summed E-state index contributed by atoms with van der Waals surface area (Å²) in [5, 5.41) is 18.1. The molecule has 0 heterocycles. The highest BCUT2D eigenvalue weighted by atomic mass is 16.5. The predicted molar refractivity (Wildman–Crippen MR) is 99.0 cm³/mol. The van der Waals surface area contributed by atoms with Crippen molar-refractivity contribution >= 4 is 5.94 Å². The van der Waals surface area contributed by atoms with Gasteiger partial charge in [0, 0.05) is 6.61 Å². The largest absolute Gasteiger partial charge is 0.500 e. The molecule has 0 aliphatic carbocycles. The van der Waals surface area contributed by atoms with Gasteiger partial charge < -0.3 is 14.9 Å². The molecule has 0 rings (SSSR count). The summed E-state index contributed by atoms with van der Waals surface area (Å²) in [4.78, 5) is 10.3. The minimum atomic E-state index is -0.913. The first-order valence-electron chi connectivity index (χ1n) is 9.92. The number of hydrogen-bond acceptors (Lipinski definition) is 4. The number of hydrogen-bond donors (Lipinski definition) is 2. The van der Waals surface area contributed by atoms with E-state index in [1.165, 1.54) is 83.0 Å².